The molecule has 0 fully saturated rings. The highest BCUT2D eigenvalue weighted by atomic mass is 32.1. The second kappa shape index (κ2) is 10.9. The molecule has 3 aromatic carbocycles. The zero-order chi connectivity index (χ0) is 27.6. The van der Waals surface area contributed by atoms with Gasteiger partial charge in [0.15, 0.2) is 5.58 Å². The standard InChI is InChI=1S/C29H25N3O7S/c1-3-36-29(34)39-28-25(19-10-9-18(35-2)15-24(19)37-13-12-33)27-26(20-6-4-5-7-23(20)38-27)32(28)16-17-8-11-21-22(14-17)31-40-30-21/h4-11,14-15,33H,3,12-13,16H2,1-2H3. The number of aromatic nitrogens is 3. The summed E-state index contributed by atoms with van der Waals surface area (Å²) in [6, 6.07) is 18.8. The predicted octanol–water partition coefficient (Wildman–Crippen LogP) is 6.02. The number of furan rings is 1. The third kappa shape index (κ3) is 4.59. The van der Waals surface area contributed by atoms with Crippen LogP contribution in [0.4, 0.5) is 4.79 Å². The summed E-state index contributed by atoms with van der Waals surface area (Å²) in [7, 11) is 1.56. The van der Waals surface area contributed by atoms with Crippen LogP contribution in [-0.2, 0) is 11.3 Å². The van der Waals surface area contributed by atoms with Gasteiger partial charge in [-0.05, 0) is 48.9 Å². The fourth-order valence-corrected chi connectivity index (χ4v) is 5.26. The molecule has 3 aromatic heterocycles. The van der Waals surface area contributed by atoms with Crippen molar-refractivity contribution in [1.29, 1.82) is 0 Å². The van der Waals surface area contributed by atoms with E-state index in [-0.39, 0.29) is 25.7 Å². The molecular weight excluding hydrogens is 534 g/mol. The van der Waals surface area contributed by atoms with Crippen molar-refractivity contribution in [3.63, 3.8) is 0 Å². The van der Waals surface area contributed by atoms with E-state index in [2.05, 4.69) is 8.75 Å². The Morgan fingerprint density at radius 3 is 2.75 bits per heavy atom. The van der Waals surface area contributed by atoms with Gasteiger partial charge in [0.2, 0.25) is 5.88 Å². The van der Waals surface area contributed by atoms with Crippen LogP contribution in [0, 0.1) is 0 Å². The molecule has 0 radical (unpaired) electrons. The van der Waals surface area contributed by atoms with Crippen LogP contribution in [0.3, 0.4) is 0 Å². The Labute approximate surface area is 232 Å². The van der Waals surface area contributed by atoms with E-state index in [0.717, 1.165) is 39.2 Å². The second-order valence-electron chi connectivity index (χ2n) is 8.85. The van der Waals surface area contributed by atoms with Crippen molar-refractivity contribution in [2.24, 2.45) is 0 Å². The molecule has 3 heterocycles. The molecule has 1 N–H and O–H groups in total. The van der Waals surface area contributed by atoms with Gasteiger partial charge in [0.25, 0.3) is 0 Å². The summed E-state index contributed by atoms with van der Waals surface area (Å²) in [5, 5.41) is 10.3. The van der Waals surface area contributed by atoms with E-state index in [1.54, 1.807) is 26.2 Å². The van der Waals surface area contributed by atoms with Crippen LogP contribution in [0.1, 0.15) is 12.5 Å². The lowest BCUT2D eigenvalue weighted by Crippen LogP contribution is -2.14. The van der Waals surface area contributed by atoms with E-state index in [4.69, 9.17) is 23.4 Å². The largest absolute Gasteiger partial charge is 0.515 e. The number of nitrogens with zero attached hydrogens (tertiary/aromatic N) is 3. The van der Waals surface area contributed by atoms with Gasteiger partial charge < -0.3 is 33.0 Å². The molecule has 0 atom stereocenters. The predicted molar refractivity (Wildman–Crippen MR) is 150 cm³/mol. The van der Waals surface area contributed by atoms with Gasteiger partial charge in [-0.1, -0.05) is 18.2 Å². The van der Waals surface area contributed by atoms with Crippen LogP contribution in [0.5, 0.6) is 17.4 Å². The summed E-state index contributed by atoms with van der Waals surface area (Å²) in [6.07, 6.45) is -0.847. The Balaban J connectivity index is 1.64. The molecule has 0 aliphatic rings. The lowest BCUT2D eigenvalue weighted by atomic mass is 10.1. The number of methoxy groups -OCH3 is 1. The van der Waals surface area contributed by atoms with E-state index in [1.807, 2.05) is 53.1 Å². The molecule has 0 unspecified atom stereocenters. The van der Waals surface area contributed by atoms with Crippen LogP contribution in [0.2, 0.25) is 0 Å². The van der Waals surface area contributed by atoms with Crippen LogP contribution < -0.4 is 14.2 Å². The average Bonchev–Trinajstić information content (AvgIpc) is 3.66. The van der Waals surface area contributed by atoms with E-state index < -0.39 is 6.16 Å². The van der Waals surface area contributed by atoms with Crippen molar-refractivity contribution < 1.29 is 33.3 Å². The van der Waals surface area contributed by atoms with E-state index >= 15 is 0 Å². The van der Waals surface area contributed by atoms with E-state index in [1.165, 1.54) is 0 Å². The summed E-state index contributed by atoms with van der Waals surface area (Å²) in [5.74, 6) is 1.22. The minimum Gasteiger partial charge on any atom is -0.497 e. The number of fused-ring (bicyclic) bond motifs is 4. The number of ether oxygens (including phenoxy) is 4. The highest BCUT2D eigenvalue weighted by Gasteiger charge is 2.30. The third-order valence-electron chi connectivity index (χ3n) is 6.43. The van der Waals surface area contributed by atoms with Crippen LogP contribution in [-0.4, -0.2) is 51.5 Å². The number of hydrogen-bond donors (Lipinski definition) is 1. The maximum Gasteiger partial charge on any atom is 0.515 e. The maximum atomic E-state index is 12.8. The van der Waals surface area contributed by atoms with Crippen LogP contribution in [0.15, 0.2) is 65.1 Å². The molecule has 0 aliphatic carbocycles. The SMILES string of the molecule is CCOC(=O)Oc1c(-c2ccc(OC)cc2OCCO)c2oc3ccccc3c2n1Cc1ccc2nsnc2c1. The van der Waals surface area contributed by atoms with Crippen molar-refractivity contribution in [2.45, 2.75) is 13.5 Å². The molecule has 40 heavy (non-hydrogen) atoms. The zero-order valence-corrected chi connectivity index (χ0v) is 22.6. The number of benzene rings is 3. The minimum atomic E-state index is -0.847. The topological polar surface area (TPSA) is 118 Å². The number of aliphatic hydroxyl groups is 1. The first kappa shape index (κ1) is 25.7. The fourth-order valence-electron chi connectivity index (χ4n) is 4.74. The lowest BCUT2D eigenvalue weighted by Gasteiger charge is -2.15. The molecule has 0 saturated heterocycles. The Kier molecular flexibility index (Phi) is 6.97. The van der Waals surface area contributed by atoms with Crippen LogP contribution in [0.25, 0.3) is 44.2 Å². The van der Waals surface area contributed by atoms with Crippen molar-refractivity contribution in [1.82, 2.24) is 13.3 Å². The van der Waals surface area contributed by atoms with E-state index in [0.29, 0.717) is 40.3 Å². The first-order valence-corrected chi connectivity index (χ1v) is 13.4. The molecule has 0 saturated carbocycles. The Morgan fingerprint density at radius 1 is 1.07 bits per heavy atom. The number of aliphatic hydroxyl groups excluding tert-OH is 1. The van der Waals surface area contributed by atoms with Gasteiger partial charge in [-0.25, -0.2) is 4.79 Å². The highest BCUT2D eigenvalue weighted by Crippen LogP contribution is 2.48. The van der Waals surface area contributed by atoms with Gasteiger partial charge in [-0.15, -0.1) is 0 Å². The molecule has 0 spiro atoms. The average molecular weight is 560 g/mol. The summed E-state index contributed by atoms with van der Waals surface area (Å²) in [5.41, 5.74) is 5.55. The Hall–Kier alpha value is -4.61. The molecule has 6 aromatic rings. The fraction of sp³-hybridized carbons (Fsp3) is 0.207. The first-order valence-electron chi connectivity index (χ1n) is 12.6. The van der Waals surface area contributed by atoms with Crippen molar-refractivity contribution >= 4 is 51.0 Å². The minimum absolute atomic E-state index is 0.0555. The first-order chi connectivity index (χ1) is 19.6. The van der Waals surface area contributed by atoms with Gasteiger partial charge in [0.05, 0.1) is 49.7 Å². The number of hydrogen-bond acceptors (Lipinski definition) is 10. The zero-order valence-electron chi connectivity index (χ0n) is 21.7. The molecule has 0 amide bonds. The summed E-state index contributed by atoms with van der Waals surface area (Å²) >= 11 is 1.15. The summed E-state index contributed by atoms with van der Waals surface area (Å²) < 4.78 is 39.4. The van der Waals surface area contributed by atoms with Gasteiger partial charge in [-0.2, -0.15) is 8.75 Å². The third-order valence-corrected chi connectivity index (χ3v) is 6.99. The number of carbonyl (C=O) groups is 1. The molecular formula is C29H25N3O7S. The van der Waals surface area contributed by atoms with Crippen molar-refractivity contribution in [3.8, 4) is 28.5 Å². The van der Waals surface area contributed by atoms with Gasteiger partial charge in [-0.3, -0.25) is 0 Å². The summed E-state index contributed by atoms with van der Waals surface area (Å²) in [4.78, 5) is 12.8. The monoisotopic (exact) mass is 559 g/mol. The number of carbonyl (C=O) groups excluding carboxylic acids is 1. The van der Waals surface area contributed by atoms with Gasteiger partial charge in [0, 0.05) is 17.0 Å². The molecule has 0 bridgehead atoms. The van der Waals surface area contributed by atoms with Crippen molar-refractivity contribution in [2.75, 3.05) is 26.9 Å². The highest BCUT2D eigenvalue weighted by molar-refractivity contribution is 7.00. The van der Waals surface area contributed by atoms with Crippen molar-refractivity contribution in [3.05, 3.63) is 66.2 Å². The Morgan fingerprint density at radius 2 is 1.93 bits per heavy atom. The van der Waals surface area contributed by atoms with Crippen LogP contribution >= 0.6 is 11.7 Å². The molecule has 10 nitrogen and oxygen atoms in total. The lowest BCUT2D eigenvalue weighted by molar-refractivity contribution is 0.101. The van der Waals surface area contributed by atoms with Gasteiger partial charge >= 0.3 is 6.16 Å². The molecule has 0 aliphatic heterocycles. The second-order valence-corrected chi connectivity index (χ2v) is 9.38. The molecule has 6 rings (SSSR count). The molecule has 204 valence electrons. The van der Waals surface area contributed by atoms with E-state index in [9.17, 15) is 9.90 Å². The van der Waals surface area contributed by atoms with Gasteiger partial charge in [0.1, 0.15) is 34.7 Å². The number of rotatable bonds is 9. The molecule has 11 heteroatoms. The normalized spacial score (nSPS) is 11.4. The smallest absolute Gasteiger partial charge is 0.497 e. The maximum absolute atomic E-state index is 12.8. The quantitative estimate of drug-likeness (QED) is 0.212. The Bertz CT molecular complexity index is 1840. The number of para-hydroxylation sites is 1. The summed E-state index contributed by atoms with van der Waals surface area (Å²) in [6.45, 7) is 2.07.